The maximum atomic E-state index is 14.9. The molecule has 0 heterocycles. The van der Waals surface area contributed by atoms with Gasteiger partial charge in [-0.15, -0.1) is 0 Å². The fraction of sp³-hybridized carbons (Fsp3) is 0.440. The molecule has 1 fully saturated rings. The molecule has 30 heavy (non-hydrogen) atoms. The molecule has 0 atom stereocenters. The molecule has 2 aromatic rings. The monoisotopic (exact) mass is 420 g/mol. The Labute approximate surface area is 175 Å². The van der Waals surface area contributed by atoms with Crippen molar-refractivity contribution in [2.75, 3.05) is 6.61 Å². The highest BCUT2D eigenvalue weighted by atomic mass is 19.2. The number of hydrogen-bond acceptors (Lipinski definition) is 1. The smallest absolute Gasteiger partial charge is 0.201 e. The summed E-state index contributed by atoms with van der Waals surface area (Å²) in [5, 5.41) is 0. The Morgan fingerprint density at radius 2 is 1.47 bits per heavy atom. The average molecular weight is 420 g/mol. The van der Waals surface area contributed by atoms with E-state index in [1.165, 1.54) is 24.3 Å². The third kappa shape index (κ3) is 4.71. The second kappa shape index (κ2) is 10.1. The van der Waals surface area contributed by atoms with Crippen LogP contribution in [0.5, 0.6) is 5.75 Å². The van der Waals surface area contributed by atoms with E-state index in [0.717, 1.165) is 38.5 Å². The van der Waals surface area contributed by atoms with Crippen LogP contribution >= 0.6 is 0 Å². The van der Waals surface area contributed by atoms with Gasteiger partial charge in [-0.3, -0.25) is 0 Å². The van der Waals surface area contributed by atoms with Gasteiger partial charge in [0.15, 0.2) is 23.2 Å². The van der Waals surface area contributed by atoms with Gasteiger partial charge in [0, 0.05) is 11.1 Å². The van der Waals surface area contributed by atoms with Gasteiger partial charge in [-0.25, -0.2) is 13.2 Å². The van der Waals surface area contributed by atoms with Crippen LogP contribution in [0.3, 0.4) is 0 Å². The van der Waals surface area contributed by atoms with Crippen molar-refractivity contribution in [3.8, 4) is 16.9 Å². The van der Waals surface area contributed by atoms with E-state index in [9.17, 15) is 17.6 Å². The van der Waals surface area contributed by atoms with Crippen molar-refractivity contribution in [3.05, 3.63) is 65.2 Å². The van der Waals surface area contributed by atoms with E-state index >= 15 is 0 Å². The predicted molar refractivity (Wildman–Crippen MR) is 112 cm³/mol. The van der Waals surface area contributed by atoms with Crippen LogP contribution in [-0.2, 0) is 0 Å². The minimum atomic E-state index is -1.24. The lowest BCUT2D eigenvalue weighted by molar-refractivity contribution is 0.314. The van der Waals surface area contributed by atoms with Gasteiger partial charge in [0.25, 0.3) is 0 Å². The molecule has 0 unspecified atom stereocenters. The summed E-state index contributed by atoms with van der Waals surface area (Å²) in [6, 6.07) is 5.31. The van der Waals surface area contributed by atoms with Gasteiger partial charge in [-0.05, 0) is 68.6 Å². The fourth-order valence-electron chi connectivity index (χ4n) is 4.17. The molecule has 1 aliphatic carbocycles. The first-order valence-electron chi connectivity index (χ1n) is 10.7. The molecular formula is C25H28F4O. The SMILES string of the molecule is CCCC=CC1CCC(c2ccc(-c3ccc(OCC)c(F)c3F)c(F)c2F)CC1. The first-order chi connectivity index (χ1) is 14.5. The molecule has 0 spiro atoms. The van der Waals surface area contributed by atoms with Crippen LogP contribution in [0.25, 0.3) is 11.1 Å². The molecule has 0 radical (unpaired) electrons. The molecular weight excluding hydrogens is 392 g/mol. The number of unbranched alkanes of at least 4 members (excludes halogenated alkanes) is 1. The molecule has 162 valence electrons. The topological polar surface area (TPSA) is 9.23 Å². The summed E-state index contributed by atoms with van der Waals surface area (Å²) in [6.07, 6.45) is 10.0. The Bertz CT molecular complexity index is 899. The molecule has 2 aromatic carbocycles. The van der Waals surface area contributed by atoms with Crippen LogP contribution in [0.2, 0.25) is 0 Å². The summed E-state index contributed by atoms with van der Waals surface area (Å²) in [5.74, 6) is -4.38. The lowest BCUT2D eigenvalue weighted by Crippen LogP contribution is -2.14. The summed E-state index contributed by atoms with van der Waals surface area (Å²) in [7, 11) is 0. The van der Waals surface area contributed by atoms with E-state index in [1.54, 1.807) is 6.92 Å². The Balaban J connectivity index is 1.81. The number of hydrogen-bond donors (Lipinski definition) is 0. The van der Waals surface area contributed by atoms with Crippen LogP contribution in [0.4, 0.5) is 17.6 Å². The second-order valence-corrected chi connectivity index (χ2v) is 7.83. The van der Waals surface area contributed by atoms with E-state index in [2.05, 4.69) is 19.1 Å². The highest BCUT2D eigenvalue weighted by Crippen LogP contribution is 2.40. The number of allylic oxidation sites excluding steroid dienone is 2. The van der Waals surface area contributed by atoms with Crippen molar-refractivity contribution in [1.82, 2.24) is 0 Å². The molecule has 0 aromatic heterocycles. The van der Waals surface area contributed by atoms with Crippen LogP contribution in [-0.4, -0.2) is 6.61 Å². The van der Waals surface area contributed by atoms with Gasteiger partial charge in [0.1, 0.15) is 0 Å². The first-order valence-corrected chi connectivity index (χ1v) is 10.7. The Kier molecular flexibility index (Phi) is 7.57. The molecule has 0 saturated heterocycles. The van der Waals surface area contributed by atoms with E-state index < -0.39 is 23.3 Å². The Morgan fingerprint density at radius 3 is 2.10 bits per heavy atom. The summed E-state index contributed by atoms with van der Waals surface area (Å²) in [4.78, 5) is 0. The maximum Gasteiger partial charge on any atom is 0.201 e. The number of rotatable bonds is 7. The van der Waals surface area contributed by atoms with Crippen LogP contribution < -0.4 is 4.74 Å². The standard InChI is InChI=1S/C25H28F4O/c1-3-5-6-7-16-8-10-17(11-9-16)18-12-13-19(23(27)22(18)26)20-14-15-21(30-4-2)25(29)24(20)28/h6-7,12-17H,3-5,8-11H2,1-2H3. The Morgan fingerprint density at radius 1 is 0.833 bits per heavy atom. The van der Waals surface area contributed by atoms with Gasteiger partial charge in [-0.1, -0.05) is 37.6 Å². The van der Waals surface area contributed by atoms with Crippen molar-refractivity contribution >= 4 is 0 Å². The van der Waals surface area contributed by atoms with Crippen molar-refractivity contribution in [2.45, 2.75) is 58.3 Å². The van der Waals surface area contributed by atoms with Crippen LogP contribution in [0.15, 0.2) is 36.4 Å². The van der Waals surface area contributed by atoms with Gasteiger partial charge >= 0.3 is 0 Å². The van der Waals surface area contributed by atoms with E-state index in [1.807, 2.05) is 0 Å². The maximum absolute atomic E-state index is 14.9. The van der Waals surface area contributed by atoms with Gasteiger partial charge < -0.3 is 4.74 Å². The highest BCUT2D eigenvalue weighted by molar-refractivity contribution is 5.66. The zero-order valence-electron chi connectivity index (χ0n) is 17.5. The molecule has 1 saturated carbocycles. The predicted octanol–water partition coefficient (Wildman–Crippen LogP) is 7.94. The van der Waals surface area contributed by atoms with Crippen molar-refractivity contribution in [3.63, 3.8) is 0 Å². The zero-order chi connectivity index (χ0) is 21.7. The highest BCUT2D eigenvalue weighted by Gasteiger charge is 2.27. The van der Waals surface area contributed by atoms with Crippen LogP contribution in [0.1, 0.15) is 63.9 Å². The third-order valence-electron chi connectivity index (χ3n) is 5.82. The van der Waals surface area contributed by atoms with Gasteiger partial charge in [0.05, 0.1) is 6.61 Å². The lowest BCUT2D eigenvalue weighted by Gasteiger charge is -2.27. The second-order valence-electron chi connectivity index (χ2n) is 7.83. The molecule has 3 rings (SSSR count). The molecule has 5 heteroatoms. The van der Waals surface area contributed by atoms with Gasteiger partial charge in [-0.2, -0.15) is 4.39 Å². The fourth-order valence-corrected chi connectivity index (χ4v) is 4.17. The lowest BCUT2D eigenvalue weighted by atomic mass is 9.78. The molecule has 1 nitrogen and oxygen atoms in total. The van der Waals surface area contributed by atoms with E-state index in [4.69, 9.17) is 4.74 Å². The van der Waals surface area contributed by atoms with Crippen LogP contribution in [0, 0.1) is 29.2 Å². The largest absolute Gasteiger partial charge is 0.491 e. The van der Waals surface area contributed by atoms with Crippen molar-refractivity contribution in [1.29, 1.82) is 0 Å². The summed E-state index contributed by atoms with van der Waals surface area (Å²) in [5.41, 5.74) is -0.283. The van der Waals surface area contributed by atoms with Crippen molar-refractivity contribution in [2.24, 2.45) is 5.92 Å². The summed E-state index contributed by atoms with van der Waals surface area (Å²) < 4.78 is 63.4. The minimum Gasteiger partial charge on any atom is -0.491 e. The molecule has 0 bridgehead atoms. The normalized spacial score (nSPS) is 19.4. The average Bonchev–Trinajstić information content (AvgIpc) is 2.75. The van der Waals surface area contributed by atoms with E-state index in [-0.39, 0.29) is 29.4 Å². The molecule has 0 amide bonds. The number of benzene rings is 2. The molecule has 1 aliphatic rings. The number of halogens is 4. The minimum absolute atomic E-state index is 0.0636. The third-order valence-corrected chi connectivity index (χ3v) is 5.82. The molecule has 0 N–H and O–H groups in total. The Hall–Kier alpha value is -2.30. The summed E-state index contributed by atoms with van der Waals surface area (Å²) in [6.45, 7) is 3.95. The molecule has 0 aliphatic heterocycles. The number of ether oxygens (including phenoxy) is 1. The zero-order valence-corrected chi connectivity index (χ0v) is 17.5. The van der Waals surface area contributed by atoms with Crippen molar-refractivity contribution < 1.29 is 22.3 Å². The van der Waals surface area contributed by atoms with Gasteiger partial charge in [0.2, 0.25) is 5.82 Å². The summed E-state index contributed by atoms with van der Waals surface area (Å²) >= 11 is 0. The quantitative estimate of drug-likeness (QED) is 0.326. The van der Waals surface area contributed by atoms with E-state index in [0.29, 0.717) is 11.5 Å². The first kappa shape index (κ1) is 22.4.